The summed E-state index contributed by atoms with van der Waals surface area (Å²) in [6.45, 7) is 1.80. The topological polar surface area (TPSA) is 26.3 Å². The molecule has 20 heavy (non-hydrogen) atoms. The fourth-order valence-electron chi connectivity index (χ4n) is 2.25. The zero-order valence-electron chi connectivity index (χ0n) is 11.2. The van der Waals surface area contributed by atoms with Gasteiger partial charge in [-0.05, 0) is 49.6 Å². The molecule has 2 nitrogen and oxygen atoms in total. The Balaban J connectivity index is 1.86. The number of ketones is 1. The van der Waals surface area contributed by atoms with Crippen LogP contribution < -0.4 is 4.74 Å². The van der Waals surface area contributed by atoms with E-state index in [0.717, 1.165) is 5.56 Å². The monoisotopic (exact) mass is 270 g/mol. The Morgan fingerprint density at radius 2 is 1.85 bits per heavy atom. The van der Waals surface area contributed by atoms with Crippen molar-refractivity contribution in [3.05, 3.63) is 65.5 Å². The van der Waals surface area contributed by atoms with E-state index in [1.54, 1.807) is 31.2 Å². The summed E-state index contributed by atoms with van der Waals surface area (Å²) in [5.41, 5.74) is 0.0363. The molecule has 0 spiro atoms. The van der Waals surface area contributed by atoms with Gasteiger partial charge in [0.25, 0.3) is 0 Å². The molecule has 1 fully saturated rings. The van der Waals surface area contributed by atoms with Gasteiger partial charge < -0.3 is 4.74 Å². The minimum atomic E-state index is -0.878. The van der Waals surface area contributed by atoms with Gasteiger partial charge in [0.2, 0.25) is 5.78 Å². The van der Waals surface area contributed by atoms with Crippen molar-refractivity contribution >= 4 is 5.78 Å². The number of para-hydroxylation sites is 1. The molecule has 0 amide bonds. The third-order valence-electron chi connectivity index (χ3n) is 3.54. The van der Waals surface area contributed by atoms with Crippen LogP contribution in [0.2, 0.25) is 0 Å². The quantitative estimate of drug-likeness (QED) is 0.787. The number of Topliss-reactive ketones (excluding diaryl/α,β-unsaturated/α-hetero) is 1. The molecule has 0 atom stereocenters. The zero-order chi connectivity index (χ0) is 14.2. The van der Waals surface area contributed by atoms with Gasteiger partial charge in [0.1, 0.15) is 11.6 Å². The number of rotatable bonds is 4. The average molecular weight is 270 g/mol. The fraction of sp³-hybridized carbons (Fsp3) is 0.235. The first-order valence-electron chi connectivity index (χ1n) is 6.66. The Hall–Kier alpha value is -2.16. The van der Waals surface area contributed by atoms with Gasteiger partial charge in [-0.15, -0.1) is 0 Å². The van der Waals surface area contributed by atoms with Gasteiger partial charge in [0.15, 0.2) is 5.60 Å². The standard InChI is InChI=1S/C17H15FO2/c1-12-7-8-14(15(18)11-12)16(19)17(9-10-17)20-13-5-3-2-4-6-13/h2-8,11H,9-10H2,1H3. The van der Waals surface area contributed by atoms with Crippen LogP contribution in [0.3, 0.4) is 0 Å². The van der Waals surface area contributed by atoms with Gasteiger partial charge >= 0.3 is 0 Å². The fourth-order valence-corrected chi connectivity index (χ4v) is 2.25. The summed E-state index contributed by atoms with van der Waals surface area (Å²) < 4.78 is 19.7. The highest BCUT2D eigenvalue weighted by Gasteiger charge is 2.53. The molecule has 0 saturated heterocycles. The van der Waals surface area contributed by atoms with Gasteiger partial charge in [0, 0.05) is 0 Å². The highest BCUT2D eigenvalue weighted by molar-refractivity contribution is 6.04. The normalized spacial score (nSPS) is 15.7. The smallest absolute Gasteiger partial charge is 0.209 e. The minimum absolute atomic E-state index is 0.115. The number of aryl methyl sites for hydroxylation is 1. The molecule has 2 aromatic rings. The largest absolute Gasteiger partial charge is 0.479 e. The van der Waals surface area contributed by atoms with Crippen molar-refractivity contribution < 1.29 is 13.9 Å². The number of carbonyl (C=O) groups is 1. The molecule has 3 rings (SSSR count). The van der Waals surface area contributed by atoms with E-state index in [2.05, 4.69) is 0 Å². The van der Waals surface area contributed by atoms with Gasteiger partial charge in [-0.3, -0.25) is 4.79 Å². The molecule has 0 N–H and O–H groups in total. The van der Waals surface area contributed by atoms with Crippen LogP contribution in [0, 0.1) is 12.7 Å². The highest BCUT2D eigenvalue weighted by atomic mass is 19.1. The number of benzene rings is 2. The predicted octanol–water partition coefficient (Wildman–Crippen LogP) is 3.93. The third kappa shape index (κ3) is 2.31. The van der Waals surface area contributed by atoms with Crippen molar-refractivity contribution in [2.75, 3.05) is 0 Å². The lowest BCUT2D eigenvalue weighted by Crippen LogP contribution is -2.30. The summed E-state index contributed by atoms with van der Waals surface area (Å²) >= 11 is 0. The Morgan fingerprint density at radius 3 is 2.45 bits per heavy atom. The molecular weight excluding hydrogens is 255 g/mol. The van der Waals surface area contributed by atoms with Crippen molar-refractivity contribution in [3.63, 3.8) is 0 Å². The van der Waals surface area contributed by atoms with Crippen LogP contribution in [0.25, 0.3) is 0 Å². The van der Waals surface area contributed by atoms with Crippen LogP contribution in [0.15, 0.2) is 48.5 Å². The number of hydrogen-bond acceptors (Lipinski definition) is 2. The number of halogens is 1. The Bertz CT molecular complexity index is 645. The van der Waals surface area contributed by atoms with Gasteiger partial charge in [-0.25, -0.2) is 4.39 Å². The zero-order valence-corrected chi connectivity index (χ0v) is 11.2. The first-order chi connectivity index (χ1) is 9.61. The Morgan fingerprint density at radius 1 is 1.15 bits per heavy atom. The average Bonchev–Trinajstić information content (AvgIpc) is 3.20. The van der Waals surface area contributed by atoms with E-state index < -0.39 is 11.4 Å². The first-order valence-corrected chi connectivity index (χ1v) is 6.66. The summed E-state index contributed by atoms with van der Waals surface area (Å²) in [6, 6.07) is 13.9. The van der Waals surface area contributed by atoms with E-state index in [9.17, 15) is 9.18 Å². The number of ether oxygens (including phenoxy) is 1. The lowest BCUT2D eigenvalue weighted by Gasteiger charge is -2.17. The second kappa shape index (κ2) is 4.75. The van der Waals surface area contributed by atoms with E-state index >= 15 is 0 Å². The molecule has 1 aliphatic carbocycles. The minimum Gasteiger partial charge on any atom is -0.479 e. The highest BCUT2D eigenvalue weighted by Crippen LogP contribution is 2.43. The van der Waals surface area contributed by atoms with E-state index in [1.165, 1.54) is 6.07 Å². The Labute approximate surface area is 117 Å². The van der Waals surface area contributed by atoms with Gasteiger partial charge in [0.05, 0.1) is 5.56 Å². The van der Waals surface area contributed by atoms with Crippen LogP contribution in [-0.4, -0.2) is 11.4 Å². The van der Waals surface area contributed by atoms with Crippen LogP contribution in [0.5, 0.6) is 5.75 Å². The van der Waals surface area contributed by atoms with Gasteiger partial charge in [-0.2, -0.15) is 0 Å². The molecular formula is C17H15FO2. The van der Waals surface area contributed by atoms with E-state index in [-0.39, 0.29) is 11.3 Å². The molecule has 2 aromatic carbocycles. The maximum Gasteiger partial charge on any atom is 0.209 e. The molecule has 0 aliphatic heterocycles. The molecule has 0 unspecified atom stereocenters. The molecule has 0 radical (unpaired) electrons. The SMILES string of the molecule is Cc1ccc(C(=O)C2(Oc3ccccc3)CC2)c(F)c1. The summed E-state index contributed by atoms with van der Waals surface area (Å²) in [5.74, 6) is -0.0948. The summed E-state index contributed by atoms with van der Waals surface area (Å²) in [4.78, 5) is 12.5. The molecule has 0 bridgehead atoms. The summed E-state index contributed by atoms with van der Waals surface area (Å²) in [6.07, 6.45) is 1.27. The Kier molecular flexibility index (Phi) is 3.05. The second-order valence-electron chi connectivity index (χ2n) is 5.22. The molecule has 0 heterocycles. The van der Waals surface area contributed by atoms with Crippen LogP contribution in [0.4, 0.5) is 4.39 Å². The third-order valence-corrected chi connectivity index (χ3v) is 3.54. The van der Waals surface area contributed by atoms with Crippen LogP contribution >= 0.6 is 0 Å². The number of hydrogen-bond donors (Lipinski definition) is 0. The lowest BCUT2D eigenvalue weighted by molar-refractivity contribution is 0.0741. The second-order valence-corrected chi connectivity index (χ2v) is 5.22. The molecule has 0 aromatic heterocycles. The lowest BCUT2D eigenvalue weighted by atomic mass is 10.0. The maximum atomic E-state index is 13.9. The van der Waals surface area contributed by atoms with Gasteiger partial charge in [-0.1, -0.05) is 24.3 Å². The van der Waals surface area contributed by atoms with Crippen molar-refractivity contribution in [2.24, 2.45) is 0 Å². The van der Waals surface area contributed by atoms with E-state index in [0.29, 0.717) is 18.6 Å². The van der Waals surface area contributed by atoms with Crippen molar-refractivity contribution in [1.82, 2.24) is 0 Å². The van der Waals surface area contributed by atoms with Crippen molar-refractivity contribution in [3.8, 4) is 5.75 Å². The molecule has 1 aliphatic rings. The molecule has 102 valence electrons. The summed E-state index contributed by atoms with van der Waals surface area (Å²) in [7, 11) is 0. The van der Waals surface area contributed by atoms with E-state index in [1.807, 2.05) is 18.2 Å². The van der Waals surface area contributed by atoms with Crippen LogP contribution in [0.1, 0.15) is 28.8 Å². The predicted molar refractivity (Wildman–Crippen MR) is 74.5 cm³/mol. The van der Waals surface area contributed by atoms with Crippen LogP contribution in [-0.2, 0) is 0 Å². The first kappa shape index (κ1) is 12.9. The van der Waals surface area contributed by atoms with E-state index in [4.69, 9.17) is 4.74 Å². The number of carbonyl (C=O) groups excluding carboxylic acids is 1. The molecule has 3 heteroatoms. The van der Waals surface area contributed by atoms with Crippen molar-refractivity contribution in [2.45, 2.75) is 25.4 Å². The molecule has 1 saturated carbocycles. The summed E-state index contributed by atoms with van der Waals surface area (Å²) in [5, 5.41) is 0. The van der Waals surface area contributed by atoms with Crippen molar-refractivity contribution in [1.29, 1.82) is 0 Å². The maximum absolute atomic E-state index is 13.9.